The van der Waals surface area contributed by atoms with E-state index in [0.29, 0.717) is 0 Å². The van der Waals surface area contributed by atoms with Crippen LogP contribution in [0.1, 0.15) is 0 Å². The van der Waals surface area contributed by atoms with Gasteiger partial charge in [-0.2, -0.15) is 0 Å². The number of nitrogens with one attached hydrogen (secondary N) is 1. The van der Waals surface area contributed by atoms with E-state index in [1.807, 2.05) is 0 Å². The third kappa shape index (κ3) is 1.45. The smallest absolute Gasteiger partial charge is 0.657 e. The Kier molecular flexibility index (Phi) is 3.14. The van der Waals surface area contributed by atoms with Crippen LogP contribution in [-0.4, -0.2) is 37.5 Å². The summed E-state index contributed by atoms with van der Waals surface area (Å²) < 4.78 is 26.7. The van der Waals surface area contributed by atoms with E-state index in [1.54, 1.807) is 0 Å². The summed E-state index contributed by atoms with van der Waals surface area (Å²) in [6.07, 6.45) is 0. The van der Waals surface area contributed by atoms with Crippen LogP contribution in [0.15, 0.2) is 0 Å². The number of fused-ring (bicyclic) bond motifs is 1. The molecule has 5 heteroatoms. The van der Waals surface area contributed by atoms with Crippen molar-refractivity contribution in [1.82, 2.24) is 5.32 Å². The SMILES string of the molecule is FC12C[N-]CC1(F)CNC2.[K+]. The second-order valence-electron chi connectivity index (χ2n) is 3.07. The molecule has 11 heavy (non-hydrogen) atoms. The van der Waals surface area contributed by atoms with Gasteiger partial charge in [-0.3, -0.25) is 0 Å². The fourth-order valence-electron chi connectivity index (χ4n) is 1.58. The molecule has 0 aromatic rings. The van der Waals surface area contributed by atoms with Gasteiger partial charge in [-0.15, -0.1) is 13.1 Å². The molecule has 2 unspecified atom stereocenters. The molecule has 2 saturated heterocycles. The molecule has 1 N–H and O–H groups in total. The summed E-state index contributed by atoms with van der Waals surface area (Å²) in [5, 5.41) is 6.42. The standard InChI is InChI=1S/C6H9F2N2.K/c7-5-1-9-3-6(5,8)4-10-2-5;/h9H,1-4H2;/q-1;+1. The first-order valence-corrected chi connectivity index (χ1v) is 3.38. The van der Waals surface area contributed by atoms with Gasteiger partial charge in [-0.1, -0.05) is 0 Å². The molecule has 2 nitrogen and oxygen atoms in total. The van der Waals surface area contributed by atoms with Crippen LogP contribution in [0.3, 0.4) is 0 Å². The molecule has 2 atom stereocenters. The van der Waals surface area contributed by atoms with Crippen LogP contribution in [0.4, 0.5) is 8.78 Å². The minimum Gasteiger partial charge on any atom is -0.657 e. The Morgan fingerprint density at radius 2 is 1.55 bits per heavy atom. The van der Waals surface area contributed by atoms with Crippen LogP contribution in [-0.2, 0) is 0 Å². The Bertz CT molecular complexity index is 139. The van der Waals surface area contributed by atoms with Crippen LogP contribution in [0.2, 0.25) is 0 Å². The van der Waals surface area contributed by atoms with Gasteiger partial charge in [0.15, 0.2) is 0 Å². The van der Waals surface area contributed by atoms with Crippen molar-refractivity contribution in [1.29, 1.82) is 0 Å². The molecule has 0 aromatic heterocycles. The molecular formula is C6H9F2KN2. The number of alkyl halides is 2. The zero-order valence-electron chi connectivity index (χ0n) is 6.53. The van der Waals surface area contributed by atoms with E-state index in [9.17, 15) is 8.78 Å². The van der Waals surface area contributed by atoms with E-state index in [2.05, 4.69) is 10.6 Å². The van der Waals surface area contributed by atoms with Gasteiger partial charge in [-0.25, -0.2) is 8.78 Å². The number of hydrogen-bond donors (Lipinski definition) is 1. The van der Waals surface area contributed by atoms with Gasteiger partial charge < -0.3 is 10.6 Å². The van der Waals surface area contributed by atoms with Crippen molar-refractivity contribution in [2.75, 3.05) is 26.2 Å². The van der Waals surface area contributed by atoms with Gasteiger partial charge in [0.1, 0.15) is 11.3 Å². The van der Waals surface area contributed by atoms with Gasteiger partial charge in [0.25, 0.3) is 0 Å². The van der Waals surface area contributed by atoms with E-state index >= 15 is 0 Å². The minimum atomic E-state index is -1.70. The minimum absolute atomic E-state index is 0. The van der Waals surface area contributed by atoms with Gasteiger partial charge in [0.05, 0.1) is 0 Å². The number of hydrogen-bond acceptors (Lipinski definition) is 1. The normalized spacial score (nSPS) is 48.5. The maximum absolute atomic E-state index is 13.4. The molecule has 0 saturated carbocycles. The first-order chi connectivity index (χ1) is 4.66. The summed E-state index contributed by atoms with van der Waals surface area (Å²) in [7, 11) is 0. The largest absolute Gasteiger partial charge is 1.00 e. The molecule has 2 fully saturated rings. The molecule has 2 heterocycles. The number of nitrogens with zero attached hydrogens (tertiary/aromatic N) is 1. The fourth-order valence-corrected chi connectivity index (χ4v) is 1.58. The molecule has 0 amide bonds. The van der Waals surface area contributed by atoms with Crippen LogP contribution < -0.4 is 56.7 Å². The Morgan fingerprint density at radius 3 is 2.00 bits per heavy atom. The van der Waals surface area contributed by atoms with Crippen LogP contribution in [0.25, 0.3) is 5.32 Å². The van der Waals surface area contributed by atoms with Gasteiger partial charge >= 0.3 is 51.4 Å². The molecule has 2 aliphatic rings. The molecule has 2 rings (SSSR count). The second-order valence-corrected chi connectivity index (χ2v) is 3.07. The summed E-state index contributed by atoms with van der Waals surface area (Å²) in [6, 6.07) is 0. The van der Waals surface area contributed by atoms with Crippen LogP contribution >= 0.6 is 0 Å². The van der Waals surface area contributed by atoms with Gasteiger partial charge in [-0.05, 0) is 0 Å². The summed E-state index contributed by atoms with van der Waals surface area (Å²) in [5.41, 5.74) is -3.40. The summed E-state index contributed by atoms with van der Waals surface area (Å²) >= 11 is 0. The van der Waals surface area contributed by atoms with E-state index in [4.69, 9.17) is 0 Å². The molecular weight excluding hydrogens is 177 g/mol. The Labute approximate surface area is 107 Å². The van der Waals surface area contributed by atoms with Crippen molar-refractivity contribution < 1.29 is 60.2 Å². The predicted molar refractivity (Wildman–Crippen MR) is 33.6 cm³/mol. The van der Waals surface area contributed by atoms with Crippen molar-refractivity contribution in [2.45, 2.75) is 11.3 Å². The third-order valence-electron chi connectivity index (χ3n) is 2.34. The second kappa shape index (κ2) is 3.29. The van der Waals surface area contributed by atoms with Gasteiger partial charge in [0.2, 0.25) is 0 Å². The number of halogens is 2. The Balaban J connectivity index is 0.000000605. The summed E-state index contributed by atoms with van der Waals surface area (Å²) in [6.45, 7) is 0.285. The molecule has 0 bridgehead atoms. The fraction of sp³-hybridized carbons (Fsp3) is 1.00. The topological polar surface area (TPSA) is 26.1 Å². The van der Waals surface area contributed by atoms with Crippen molar-refractivity contribution in [3.8, 4) is 0 Å². The molecule has 0 spiro atoms. The maximum Gasteiger partial charge on any atom is 1.00 e. The van der Waals surface area contributed by atoms with Crippen LogP contribution in [0, 0.1) is 0 Å². The first-order valence-electron chi connectivity index (χ1n) is 3.38. The van der Waals surface area contributed by atoms with E-state index < -0.39 is 11.3 Å². The van der Waals surface area contributed by atoms with Crippen molar-refractivity contribution in [3.63, 3.8) is 0 Å². The Morgan fingerprint density at radius 1 is 1.09 bits per heavy atom. The van der Waals surface area contributed by atoms with E-state index in [1.165, 1.54) is 0 Å². The zero-order valence-corrected chi connectivity index (χ0v) is 9.65. The monoisotopic (exact) mass is 186 g/mol. The van der Waals surface area contributed by atoms with Crippen molar-refractivity contribution in [3.05, 3.63) is 5.32 Å². The average molecular weight is 186 g/mol. The maximum atomic E-state index is 13.4. The van der Waals surface area contributed by atoms with Crippen molar-refractivity contribution >= 4 is 0 Å². The first kappa shape index (κ1) is 10.5. The molecule has 58 valence electrons. The zero-order chi connectivity index (χ0) is 7.24. The molecule has 0 radical (unpaired) electrons. The predicted octanol–water partition coefficient (Wildman–Crippen LogP) is -2.60. The molecule has 2 aliphatic heterocycles. The van der Waals surface area contributed by atoms with E-state index in [0.717, 1.165) is 0 Å². The summed E-state index contributed by atoms with van der Waals surface area (Å²) in [4.78, 5) is 0. The quantitative estimate of drug-likeness (QED) is 0.412. The Hall–Kier alpha value is 1.42. The average Bonchev–Trinajstić information content (AvgIpc) is 2.20. The van der Waals surface area contributed by atoms with Gasteiger partial charge in [0, 0.05) is 13.1 Å². The summed E-state index contributed by atoms with van der Waals surface area (Å²) in [5.74, 6) is 0. The molecule has 0 aromatic carbocycles. The van der Waals surface area contributed by atoms with Crippen molar-refractivity contribution in [2.24, 2.45) is 0 Å². The third-order valence-corrected chi connectivity index (χ3v) is 2.34. The number of rotatable bonds is 0. The van der Waals surface area contributed by atoms with E-state index in [-0.39, 0.29) is 77.6 Å². The molecule has 0 aliphatic carbocycles. The van der Waals surface area contributed by atoms with Crippen LogP contribution in [0.5, 0.6) is 0 Å².